The fraction of sp³-hybridized carbons (Fsp3) is 0.306. The molecule has 8 aliphatic heterocycles. The van der Waals surface area contributed by atoms with Gasteiger partial charge >= 0.3 is 11.9 Å². The Morgan fingerprint density at radius 1 is 0.522 bits per heavy atom. The first-order chi connectivity index (χ1) is 44.3. The largest absolute Gasteiger partial charge is 0.477 e. The maximum absolute atomic E-state index is 11.5. The molecule has 8 aliphatic rings. The van der Waals surface area contributed by atoms with Gasteiger partial charge in [-0.15, -0.1) is 13.2 Å². The highest BCUT2D eigenvalue weighted by Gasteiger charge is 2.45. The van der Waals surface area contributed by atoms with Gasteiger partial charge in [-0.3, -0.25) is 29.8 Å². The van der Waals surface area contributed by atoms with Crippen LogP contribution in [0.3, 0.4) is 0 Å². The topological polar surface area (TPSA) is 179 Å². The minimum absolute atomic E-state index is 0.0842. The van der Waals surface area contributed by atoms with Crippen LogP contribution in [-0.4, -0.2) is 102 Å². The normalized spacial score (nSPS) is 25.8. The van der Waals surface area contributed by atoms with Gasteiger partial charge in [0.1, 0.15) is 0 Å². The van der Waals surface area contributed by atoms with Crippen LogP contribution in [0.2, 0.25) is 30.1 Å². The zero-order chi connectivity index (χ0) is 65.1. The SMILES string of the molecule is C=C[C@H]1CN2CCC1CC2[C@@H](O)c1ccnc2ccccc12.C=C[C@H]1CN2CCC1CC2[C@@H](O)c1ccnc2ccccc12.CC1C(C(=O)O)=NN(c2ccc(Cl)cc2Cl)C1c1ccc(Cl)cc1.CC1C(C(=O)O)=NN(c2ccc(Cl)cc2Cl)[C@H]1c1ccc(Cl)cc1. The van der Waals surface area contributed by atoms with Crippen LogP contribution in [0, 0.1) is 35.5 Å². The Hall–Kier alpha value is -6.92. The molecular formula is C72H70Cl6N8O6. The number of hydrogen-bond acceptors (Lipinski definition) is 12. The molecule has 0 aliphatic carbocycles. The molecule has 14 nitrogen and oxygen atoms in total. The summed E-state index contributed by atoms with van der Waals surface area (Å²) >= 11 is 36.4. The predicted octanol–water partition coefficient (Wildman–Crippen LogP) is 16.9. The summed E-state index contributed by atoms with van der Waals surface area (Å²) in [7, 11) is 0. The zero-order valence-electron chi connectivity index (χ0n) is 50.6. The molecule has 20 heteroatoms. The number of aliphatic carboxylic acids is 2. The van der Waals surface area contributed by atoms with E-state index < -0.39 is 24.1 Å². The number of piperidine rings is 6. The fourth-order valence-electron chi connectivity index (χ4n) is 14.2. The van der Waals surface area contributed by atoms with E-state index in [1.54, 1.807) is 70.7 Å². The van der Waals surface area contributed by atoms with Crippen molar-refractivity contribution in [2.45, 2.75) is 75.9 Å². The second kappa shape index (κ2) is 29.2. The van der Waals surface area contributed by atoms with Crippen molar-refractivity contribution in [3.05, 3.63) is 236 Å². The summed E-state index contributed by atoms with van der Waals surface area (Å²) in [6.07, 6.45) is 11.5. The van der Waals surface area contributed by atoms with E-state index in [0.29, 0.717) is 65.2 Å². The molecule has 9 unspecified atom stereocenters. The number of aliphatic hydroxyl groups excluding tert-OH is 2. The van der Waals surface area contributed by atoms with E-state index in [2.05, 4.69) is 67.4 Å². The van der Waals surface area contributed by atoms with Crippen LogP contribution in [0.5, 0.6) is 0 Å². The molecule has 92 heavy (non-hydrogen) atoms. The van der Waals surface area contributed by atoms with Crippen LogP contribution in [0.1, 0.15) is 86.1 Å². The summed E-state index contributed by atoms with van der Waals surface area (Å²) in [6.45, 7) is 15.9. The van der Waals surface area contributed by atoms with Crippen LogP contribution < -0.4 is 10.0 Å². The molecule has 6 aromatic carbocycles. The third-order valence-corrected chi connectivity index (χ3v) is 20.6. The third kappa shape index (κ3) is 14.1. The zero-order valence-corrected chi connectivity index (χ0v) is 55.2. The molecule has 0 radical (unpaired) electrons. The van der Waals surface area contributed by atoms with Gasteiger partial charge in [-0.1, -0.05) is 156 Å². The summed E-state index contributed by atoms with van der Waals surface area (Å²) in [6, 6.07) is 44.5. The maximum atomic E-state index is 11.5. The van der Waals surface area contributed by atoms with Gasteiger partial charge in [0, 0.05) is 80.3 Å². The van der Waals surface area contributed by atoms with Crippen LogP contribution >= 0.6 is 69.6 Å². The third-order valence-electron chi connectivity index (χ3n) is 19.0. The second-order valence-electron chi connectivity index (χ2n) is 24.2. The first-order valence-corrected chi connectivity index (χ1v) is 33.0. The molecule has 0 amide bonds. The number of hydrogen-bond donors (Lipinski definition) is 4. The van der Waals surface area contributed by atoms with Gasteiger partial charge in [0.2, 0.25) is 0 Å². The van der Waals surface area contributed by atoms with E-state index in [9.17, 15) is 30.0 Å². The van der Waals surface area contributed by atoms with Crippen LogP contribution in [0.15, 0.2) is 193 Å². The number of rotatable bonds is 12. The maximum Gasteiger partial charge on any atom is 0.352 e. The quantitative estimate of drug-likeness (QED) is 0.0852. The van der Waals surface area contributed by atoms with E-state index in [0.717, 1.165) is 83.1 Å². The molecule has 4 bridgehead atoms. The molecule has 8 aromatic rings. The Morgan fingerprint density at radius 3 is 1.23 bits per heavy atom. The monoisotopic (exact) mass is 1350 g/mol. The molecule has 4 N–H and O–H groups in total. The number of carbonyl (C=O) groups is 2. The predicted molar refractivity (Wildman–Crippen MR) is 372 cm³/mol. The number of pyridine rings is 2. The number of aliphatic hydroxyl groups is 2. The molecule has 476 valence electrons. The Morgan fingerprint density at radius 2 is 0.891 bits per heavy atom. The number of aromatic nitrogens is 2. The van der Waals surface area contributed by atoms with Crippen molar-refractivity contribution < 1.29 is 30.0 Å². The lowest BCUT2D eigenvalue weighted by Gasteiger charge is -2.50. The van der Waals surface area contributed by atoms with E-state index in [1.807, 2.05) is 99.0 Å². The van der Waals surface area contributed by atoms with E-state index in [1.165, 1.54) is 12.8 Å². The highest BCUT2D eigenvalue weighted by Crippen LogP contribution is 2.47. The highest BCUT2D eigenvalue weighted by atomic mass is 35.5. The van der Waals surface area contributed by atoms with Crippen molar-refractivity contribution in [1.82, 2.24) is 19.8 Å². The van der Waals surface area contributed by atoms with E-state index in [4.69, 9.17) is 69.6 Å². The van der Waals surface area contributed by atoms with Crippen molar-refractivity contribution in [2.24, 2.45) is 45.7 Å². The van der Waals surface area contributed by atoms with Crippen LogP contribution in [0.25, 0.3) is 21.8 Å². The molecule has 6 saturated heterocycles. The molecule has 10 heterocycles. The first-order valence-electron chi connectivity index (χ1n) is 30.7. The number of carboxylic acids is 2. The molecule has 16 rings (SSSR count). The molecule has 14 atom stereocenters. The van der Waals surface area contributed by atoms with Crippen molar-refractivity contribution >= 4 is 126 Å². The standard InChI is InChI=1S/2C19H22N2O.2C17H13Cl3N2O2/c2*1-2-13-12-21-10-8-14(13)11-18(21)19(22)16-7-9-20-17-6-4-3-5-15(16)17;2*1-9-15(17(23)24)21-22(14-7-6-12(19)8-13(14)20)16(9)10-2-4-11(18)5-3-10/h2*2-7,9,13-14,18-19,22H,1,8,10-12H2;2*2-9,16H,1H3,(H,23,24)/t2*13-,14?,18?,19-;9?,16-;/m001./s1. The lowest BCUT2D eigenvalue weighted by Crippen LogP contribution is -2.54. The second-order valence-corrected chi connectivity index (χ2v) is 26.8. The number of carboxylic acid groups (broad SMARTS) is 2. The number of nitrogens with zero attached hydrogens (tertiary/aromatic N) is 8. The summed E-state index contributed by atoms with van der Waals surface area (Å²) in [5, 5.41) is 58.0. The van der Waals surface area contributed by atoms with E-state index in [-0.39, 0.29) is 47.4 Å². The number of anilines is 2. The lowest BCUT2D eigenvalue weighted by atomic mass is 9.73. The minimum atomic E-state index is -1.05. The summed E-state index contributed by atoms with van der Waals surface area (Å²) in [5.74, 6) is -0.211. The first kappa shape index (κ1) is 66.5. The summed E-state index contributed by atoms with van der Waals surface area (Å²) < 4.78 is 0. The molecular weight excluding hydrogens is 1290 g/mol. The van der Waals surface area contributed by atoms with Crippen molar-refractivity contribution in [1.29, 1.82) is 0 Å². The molecule has 0 spiro atoms. The van der Waals surface area contributed by atoms with Gasteiger partial charge in [-0.25, -0.2) is 9.59 Å². The van der Waals surface area contributed by atoms with E-state index >= 15 is 0 Å². The fourth-order valence-corrected chi connectivity index (χ4v) is 15.5. The average Bonchev–Trinajstić information content (AvgIpc) is 1.18. The van der Waals surface area contributed by atoms with Gasteiger partial charge in [0.25, 0.3) is 0 Å². The Bertz CT molecular complexity index is 3810. The van der Waals surface area contributed by atoms with Crippen LogP contribution in [-0.2, 0) is 9.59 Å². The van der Waals surface area contributed by atoms with Crippen molar-refractivity contribution in [3.8, 4) is 0 Å². The minimum Gasteiger partial charge on any atom is -0.477 e. The number of fused-ring (bicyclic) bond motifs is 8. The smallest absolute Gasteiger partial charge is 0.352 e. The molecule has 6 fully saturated rings. The van der Waals surface area contributed by atoms with Gasteiger partial charge in [-0.05, 0) is 170 Å². The number of para-hydroxylation sites is 2. The Labute approximate surface area is 565 Å². The Balaban J connectivity index is 0.000000126. The lowest BCUT2D eigenvalue weighted by molar-refractivity contribution is -0.130. The van der Waals surface area contributed by atoms with Crippen LogP contribution in [0.4, 0.5) is 11.4 Å². The molecule has 0 saturated carbocycles. The highest BCUT2D eigenvalue weighted by molar-refractivity contribution is 6.39. The number of benzene rings is 6. The van der Waals surface area contributed by atoms with Gasteiger partial charge < -0.3 is 20.4 Å². The Kier molecular flexibility index (Phi) is 21.1. The van der Waals surface area contributed by atoms with Gasteiger partial charge in [-0.2, -0.15) is 10.2 Å². The number of halogens is 6. The average molecular weight is 1360 g/mol. The van der Waals surface area contributed by atoms with Gasteiger partial charge in [0.15, 0.2) is 11.4 Å². The molecule has 2 aromatic heterocycles. The van der Waals surface area contributed by atoms with Crippen molar-refractivity contribution in [3.63, 3.8) is 0 Å². The van der Waals surface area contributed by atoms with Crippen molar-refractivity contribution in [2.75, 3.05) is 36.2 Å². The number of hydrazone groups is 2. The summed E-state index contributed by atoms with van der Waals surface area (Å²) in [5.41, 5.74) is 7.11. The van der Waals surface area contributed by atoms with Gasteiger partial charge in [0.05, 0.1) is 56.7 Å². The summed E-state index contributed by atoms with van der Waals surface area (Å²) in [4.78, 5) is 36.8.